The zero-order chi connectivity index (χ0) is 7.56. The fourth-order valence-electron chi connectivity index (χ4n) is 0.739. The van der Waals surface area contributed by atoms with Crippen molar-refractivity contribution in [2.75, 3.05) is 0 Å². The van der Waals surface area contributed by atoms with Gasteiger partial charge < -0.3 is 0 Å². The Balaban J connectivity index is 3.17. The third-order valence-corrected chi connectivity index (χ3v) is 1.38. The summed E-state index contributed by atoms with van der Waals surface area (Å²) in [6.07, 6.45) is 0.869. The SMILES string of the molecule is CCc1ccc(=O)n(C)n1. The summed E-state index contributed by atoms with van der Waals surface area (Å²) in [7, 11) is 1.65. The second kappa shape index (κ2) is 2.64. The van der Waals surface area contributed by atoms with Crippen molar-refractivity contribution >= 4 is 0 Å². The lowest BCUT2D eigenvalue weighted by Gasteiger charge is -1.96. The van der Waals surface area contributed by atoms with E-state index in [1.54, 1.807) is 13.1 Å². The molecule has 1 aromatic rings. The highest BCUT2D eigenvalue weighted by molar-refractivity contribution is 4.99. The molecule has 0 saturated heterocycles. The smallest absolute Gasteiger partial charge is 0.266 e. The maximum absolute atomic E-state index is 10.8. The van der Waals surface area contributed by atoms with E-state index in [1.165, 1.54) is 10.7 Å². The first-order valence-corrected chi connectivity index (χ1v) is 3.27. The molecule has 10 heavy (non-hydrogen) atoms. The molecule has 0 unspecified atom stereocenters. The van der Waals surface area contributed by atoms with Crippen molar-refractivity contribution in [3.8, 4) is 0 Å². The van der Waals surface area contributed by atoms with Gasteiger partial charge in [-0.05, 0) is 12.5 Å². The maximum Gasteiger partial charge on any atom is 0.266 e. The van der Waals surface area contributed by atoms with Crippen molar-refractivity contribution in [3.05, 3.63) is 28.2 Å². The summed E-state index contributed by atoms with van der Waals surface area (Å²) in [4.78, 5) is 10.8. The van der Waals surface area contributed by atoms with Gasteiger partial charge in [-0.2, -0.15) is 5.10 Å². The number of hydrogen-bond donors (Lipinski definition) is 0. The minimum Gasteiger partial charge on any atom is -0.268 e. The third kappa shape index (κ3) is 1.23. The van der Waals surface area contributed by atoms with Crippen molar-refractivity contribution in [2.24, 2.45) is 7.05 Å². The summed E-state index contributed by atoms with van der Waals surface area (Å²) in [5.74, 6) is 0. The fraction of sp³-hybridized carbons (Fsp3) is 0.429. The Morgan fingerprint density at radius 3 is 2.80 bits per heavy atom. The Kier molecular flexibility index (Phi) is 1.85. The van der Waals surface area contributed by atoms with Crippen LogP contribution in [0, 0.1) is 0 Å². The van der Waals surface area contributed by atoms with Gasteiger partial charge >= 0.3 is 0 Å². The van der Waals surface area contributed by atoms with Gasteiger partial charge in [-0.15, -0.1) is 0 Å². The van der Waals surface area contributed by atoms with E-state index >= 15 is 0 Å². The zero-order valence-corrected chi connectivity index (χ0v) is 6.16. The average Bonchev–Trinajstić information content (AvgIpc) is 1.95. The molecule has 54 valence electrons. The van der Waals surface area contributed by atoms with Crippen LogP contribution < -0.4 is 5.56 Å². The molecule has 1 heterocycles. The Morgan fingerprint density at radius 2 is 2.30 bits per heavy atom. The Labute approximate surface area is 59.3 Å². The van der Waals surface area contributed by atoms with E-state index in [4.69, 9.17) is 0 Å². The molecule has 3 heteroatoms. The minimum atomic E-state index is -0.0581. The molecule has 0 atom stereocenters. The lowest BCUT2D eigenvalue weighted by Crippen LogP contribution is -2.18. The van der Waals surface area contributed by atoms with Gasteiger partial charge in [0.2, 0.25) is 0 Å². The van der Waals surface area contributed by atoms with Crippen LogP contribution in [-0.4, -0.2) is 9.78 Å². The van der Waals surface area contributed by atoms with Crippen LogP contribution in [0.2, 0.25) is 0 Å². The first-order chi connectivity index (χ1) is 4.74. The molecule has 1 rings (SSSR count). The molecule has 0 amide bonds. The molecule has 0 N–H and O–H groups in total. The molecular formula is C7H10N2O. The van der Waals surface area contributed by atoms with Gasteiger partial charge in [0.05, 0.1) is 5.69 Å². The number of nitrogens with zero attached hydrogens (tertiary/aromatic N) is 2. The second-order valence-electron chi connectivity index (χ2n) is 2.14. The predicted molar refractivity (Wildman–Crippen MR) is 38.9 cm³/mol. The summed E-state index contributed by atoms with van der Waals surface area (Å²) < 4.78 is 1.35. The van der Waals surface area contributed by atoms with Crippen LogP contribution in [0.3, 0.4) is 0 Å². The van der Waals surface area contributed by atoms with E-state index in [9.17, 15) is 4.79 Å². The highest BCUT2D eigenvalue weighted by Crippen LogP contribution is 1.88. The van der Waals surface area contributed by atoms with Crippen molar-refractivity contribution in [1.82, 2.24) is 9.78 Å². The lowest BCUT2D eigenvalue weighted by molar-refractivity contribution is 0.681. The largest absolute Gasteiger partial charge is 0.268 e. The molecule has 0 bridgehead atoms. The second-order valence-corrected chi connectivity index (χ2v) is 2.14. The van der Waals surface area contributed by atoms with Crippen LogP contribution >= 0.6 is 0 Å². The van der Waals surface area contributed by atoms with Gasteiger partial charge in [0.15, 0.2) is 0 Å². The van der Waals surface area contributed by atoms with Crippen molar-refractivity contribution < 1.29 is 0 Å². The van der Waals surface area contributed by atoms with E-state index in [-0.39, 0.29) is 5.56 Å². The quantitative estimate of drug-likeness (QED) is 0.561. The molecule has 1 aromatic heterocycles. The number of aryl methyl sites for hydroxylation is 2. The summed E-state index contributed by atoms with van der Waals surface area (Å²) >= 11 is 0. The highest BCUT2D eigenvalue weighted by atomic mass is 16.1. The highest BCUT2D eigenvalue weighted by Gasteiger charge is 1.91. The number of aromatic nitrogens is 2. The minimum absolute atomic E-state index is 0.0581. The van der Waals surface area contributed by atoms with Gasteiger partial charge in [0, 0.05) is 13.1 Å². The molecular weight excluding hydrogens is 128 g/mol. The van der Waals surface area contributed by atoms with Crippen molar-refractivity contribution in [3.63, 3.8) is 0 Å². The van der Waals surface area contributed by atoms with E-state index in [2.05, 4.69) is 5.10 Å². The lowest BCUT2D eigenvalue weighted by atomic mass is 10.3. The Bertz CT molecular complexity index is 277. The Hall–Kier alpha value is -1.12. The third-order valence-electron chi connectivity index (χ3n) is 1.38. The predicted octanol–water partition coefficient (Wildman–Crippen LogP) is 0.343. The number of rotatable bonds is 1. The van der Waals surface area contributed by atoms with Crippen LogP contribution in [0.5, 0.6) is 0 Å². The van der Waals surface area contributed by atoms with E-state index in [0.717, 1.165) is 12.1 Å². The van der Waals surface area contributed by atoms with Gasteiger partial charge in [0.1, 0.15) is 0 Å². The van der Waals surface area contributed by atoms with Crippen LogP contribution in [0.4, 0.5) is 0 Å². The van der Waals surface area contributed by atoms with Gasteiger partial charge in [-0.3, -0.25) is 4.79 Å². The first kappa shape index (κ1) is 6.99. The van der Waals surface area contributed by atoms with Crippen molar-refractivity contribution in [2.45, 2.75) is 13.3 Å². The maximum atomic E-state index is 10.8. The standard InChI is InChI=1S/C7H10N2O/c1-3-6-4-5-7(10)9(2)8-6/h4-5H,3H2,1-2H3. The summed E-state index contributed by atoms with van der Waals surface area (Å²) in [5, 5.41) is 4.00. The van der Waals surface area contributed by atoms with Crippen LogP contribution in [0.1, 0.15) is 12.6 Å². The van der Waals surface area contributed by atoms with Crippen LogP contribution in [0.25, 0.3) is 0 Å². The number of hydrogen-bond acceptors (Lipinski definition) is 2. The van der Waals surface area contributed by atoms with Gasteiger partial charge in [-0.1, -0.05) is 6.92 Å². The topological polar surface area (TPSA) is 34.9 Å². The summed E-state index contributed by atoms with van der Waals surface area (Å²) in [6.45, 7) is 2.01. The first-order valence-electron chi connectivity index (χ1n) is 3.27. The molecule has 0 aromatic carbocycles. The molecule has 0 spiro atoms. The molecule has 0 aliphatic rings. The van der Waals surface area contributed by atoms with E-state index in [0.29, 0.717) is 0 Å². The molecule has 0 fully saturated rings. The molecule has 0 aliphatic heterocycles. The zero-order valence-electron chi connectivity index (χ0n) is 6.16. The summed E-state index contributed by atoms with van der Waals surface area (Å²) in [5.41, 5.74) is 0.888. The molecule has 3 nitrogen and oxygen atoms in total. The van der Waals surface area contributed by atoms with Crippen LogP contribution in [-0.2, 0) is 13.5 Å². The van der Waals surface area contributed by atoms with Gasteiger partial charge in [-0.25, -0.2) is 4.68 Å². The van der Waals surface area contributed by atoms with Crippen LogP contribution in [0.15, 0.2) is 16.9 Å². The normalized spacial score (nSPS) is 9.80. The summed E-state index contributed by atoms with van der Waals surface area (Å²) in [6, 6.07) is 3.29. The monoisotopic (exact) mass is 138 g/mol. The van der Waals surface area contributed by atoms with Gasteiger partial charge in [0.25, 0.3) is 5.56 Å². The fourth-order valence-corrected chi connectivity index (χ4v) is 0.739. The van der Waals surface area contributed by atoms with E-state index < -0.39 is 0 Å². The van der Waals surface area contributed by atoms with E-state index in [1.807, 2.05) is 6.92 Å². The molecule has 0 aliphatic carbocycles. The van der Waals surface area contributed by atoms with Crippen molar-refractivity contribution in [1.29, 1.82) is 0 Å². The molecule has 0 saturated carbocycles. The average molecular weight is 138 g/mol. The molecule has 0 radical (unpaired) electrons. The Morgan fingerprint density at radius 1 is 1.60 bits per heavy atom.